The van der Waals surface area contributed by atoms with Gasteiger partial charge in [0.2, 0.25) is 0 Å². The van der Waals surface area contributed by atoms with Gasteiger partial charge in [0.15, 0.2) is 0 Å². The van der Waals surface area contributed by atoms with E-state index in [9.17, 15) is 10.1 Å². The van der Waals surface area contributed by atoms with Gasteiger partial charge in [-0.2, -0.15) is 0 Å². The van der Waals surface area contributed by atoms with Crippen LogP contribution in [0.25, 0.3) is 0 Å². The fourth-order valence-corrected chi connectivity index (χ4v) is 3.49. The Hall–Kier alpha value is -1.06. The summed E-state index contributed by atoms with van der Waals surface area (Å²) >= 11 is 14.2. The predicted octanol–water partition coefficient (Wildman–Crippen LogP) is 4.28. The Labute approximate surface area is 144 Å². The van der Waals surface area contributed by atoms with Crippen LogP contribution in [-0.2, 0) is 6.54 Å². The summed E-state index contributed by atoms with van der Waals surface area (Å²) in [6, 6.07) is 5.44. The zero-order chi connectivity index (χ0) is 15.6. The van der Waals surface area contributed by atoms with Crippen LogP contribution in [0.3, 0.4) is 0 Å². The molecule has 1 heterocycles. The topological polar surface area (TPSA) is 70.2 Å². The molecule has 0 spiro atoms. The third-order valence-corrected chi connectivity index (χ3v) is 4.38. The number of rotatable bonds is 5. The summed E-state index contributed by atoms with van der Waals surface area (Å²) < 4.78 is 6.62. The maximum atomic E-state index is 10.8. The van der Waals surface area contributed by atoms with Crippen molar-refractivity contribution in [2.24, 2.45) is 0 Å². The minimum absolute atomic E-state index is 0.0185. The first-order valence-electron chi connectivity index (χ1n) is 5.77. The van der Waals surface area contributed by atoms with Crippen molar-refractivity contribution >= 4 is 51.6 Å². The second kappa shape index (κ2) is 6.80. The van der Waals surface area contributed by atoms with E-state index in [0.29, 0.717) is 16.6 Å². The molecule has 0 aliphatic heterocycles. The van der Waals surface area contributed by atoms with Gasteiger partial charge in [0.05, 0.1) is 11.0 Å². The molecule has 0 bridgehead atoms. The standard InChI is InChI=1S/C12H10Cl2IN3O3/c1-21-12-16-11(18(19)20)6-17(12)5-10(15)8-3-2-7(13)4-9(8)14/h2-4,6,10H,5H2,1H3. The largest absolute Gasteiger partial charge is 0.449 e. The molecular weight excluding hydrogens is 432 g/mol. The highest BCUT2D eigenvalue weighted by molar-refractivity contribution is 14.1. The van der Waals surface area contributed by atoms with Gasteiger partial charge < -0.3 is 14.9 Å². The van der Waals surface area contributed by atoms with Crippen molar-refractivity contribution in [2.75, 3.05) is 7.11 Å². The molecule has 0 saturated heterocycles. The molecule has 2 rings (SSSR count). The van der Waals surface area contributed by atoms with E-state index >= 15 is 0 Å². The molecule has 0 aliphatic rings. The highest BCUT2D eigenvalue weighted by Crippen LogP contribution is 2.34. The Balaban J connectivity index is 2.26. The summed E-state index contributed by atoms with van der Waals surface area (Å²) in [5.41, 5.74) is 0.889. The molecule has 9 heteroatoms. The predicted molar refractivity (Wildman–Crippen MR) is 88.7 cm³/mol. The number of alkyl halides is 1. The second-order valence-corrected chi connectivity index (χ2v) is 6.48. The van der Waals surface area contributed by atoms with Crippen LogP contribution in [0.1, 0.15) is 9.49 Å². The lowest BCUT2D eigenvalue weighted by atomic mass is 10.1. The van der Waals surface area contributed by atoms with E-state index in [1.165, 1.54) is 13.3 Å². The van der Waals surface area contributed by atoms with Gasteiger partial charge in [0, 0.05) is 21.6 Å². The van der Waals surface area contributed by atoms with Gasteiger partial charge in [-0.3, -0.25) is 4.57 Å². The molecule has 0 N–H and O–H groups in total. The molecule has 2 aromatic rings. The summed E-state index contributed by atoms with van der Waals surface area (Å²) in [6.45, 7) is 0.436. The van der Waals surface area contributed by atoms with Crippen LogP contribution in [0.15, 0.2) is 24.4 Å². The van der Waals surface area contributed by atoms with Crippen LogP contribution in [0.5, 0.6) is 6.01 Å². The highest BCUT2D eigenvalue weighted by atomic mass is 127. The molecule has 1 unspecified atom stereocenters. The summed E-state index contributed by atoms with van der Waals surface area (Å²) in [4.78, 5) is 14.0. The maximum absolute atomic E-state index is 10.8. The number of nitro groups is 1. The van der Waals surface area contributed by atoms with Crippen LogP contribution in [0.4, 0.5) is 5.82 Å². The average molecular weight is 442 g/mol. The first kappa shape index (κ1) is 16.3. The van der Waals surface area contributed by atoms with E-state index in [-0.39, 0.29) is 15.8 Å². The molecule has 1 aromatic carbocycles. The normalized spacial score (nSPS) is 12.2. The van der Waals surface area contributed by atoms with Crippen molar-refractivity contribution in [3.05, 3.63) is 50.1 Å². The Morgan fingerprint density at radius 3 is 2.81 bits per heavy atom. The van der Waals surface area contributed by atoms with Gasteiger partial charge >= 0.3 is 11.8 Å². The number of imidazole rings is 1. The van der Waals surface area contributed by atoms with Crippen LogP contribution in [0.2, 0.25) is 10.0 Å². The smallest absolute Gasteiger partial charge is 0.414 e. The van der Waals surface area contributed by atoms with Crippen molar-refractivity contribution in [2.45, 2.75) is 10.5 Å². The summed E-state index contributed by atoms with van der Waals surface area (Å²) in [7, 11) is 1.42. The monoisotopic (exact) mass is 441 g/mol. The highest BCUT2D eigenvalue weighted by Gasteiger charge is 2.22. The number of aromatic nitrogens is 2. The number of methoxy groups -OCH3 is 1. The van der Waals surface area contributed by atoms with Crippen molar-refractivity contribution in [3.8, 4) is 6.01 Å². The molecule has 0 aliphatic carbocycles. The van der Waals surface area contributed by atoms with Gasteiger partial charge in [-0.05, 0) is 22.6 Å². The lowest BCUT2D eigenvalue weighted by Crippen LogP contribution is -2.05. The maximum Gasteiger partial charge on any atom is 0.414 e. The minimum atomic E-state index is -0.559. The van der Waals surface area contributed by atoms with E-state index < -0.39 is 4.92 Å². The summed E-state index contributed by atoms with van der Waals surface area (Å²) in [5, 5.41) is 11.9. The Morgan fingerprint density at radius 2 is 2.24 bits per heavy atom. The first-order valence-corrected chi connectivity index (χ1v) is 7.77. The molecule has 112 valence electrons. The third kappa shape index (κ3) is 3.78. The zero-order valence-corrected chi connectivity index (χ0v) is 14.5. The number of nitrogens with zero attached hydrogens (tertiary/aromatic N) is 3. The van der Waals surface area contributed by atoms with Crippen LogP contribution in [-0.4, -0.2) is 21.6 Å². The molecule has 1 aromatic heterocycles. The van der Waals surface area contributed by atoms with Gasteiger partial charge in [0.25, 0.3) is 0 Å². The summed E-state index contributed by atoms with van der Waals surface area (Å²) in [6.07, 6.45) is 1.34. The van der Waals surface area contributed by atoms with Gasteiger partial charge in [-0.25, -0.2) is 0 Å². The number of halogens is 3. The first-order chi connectivity index (χ1) is 9.92. The number of hydrogen-bond donors (Lipinski definition) is 0. The van der Waals surface area contributed by atoms with E-state index in [1.54, 1.807) is 16.7 Å². The molecular formula is C12H10Cl2IN3O3. The number of benzene rings is 1. The van der Waals surface area contributed by atoms with Gasteiger partial charge in [-0.15, -0.1) is 0 Å². The lowest BCUT2D eigenvalue weighted by Gasteiger charge is -2.13. The number of hydrogen-bond acceptors (Lipinski definition) is 4. The molecule has 0 saturated carbocycles. The Bertz CT molecular complexity index is 678. The van der Waals surface area contributed by atoms with Crippen LogP contribution < -0.4 is 4.74 Å². The van der Waals surface area contributed by atoms with E-state index in [2.05, 4.69) is 27.6 Å². The van der Waals surface area contributed by atoms with E-state index in [4.69, 9.17) is 27.9 Å². The Kier molecular flexibility index (Phi) is 5.28. The quantitative estimate of drug-likeness (QED) is 0.300. The van der Waals surface area contributed by atoms with Crippen LogP contribution >= 0.6 is 45.8 Å². The van der Waals surface area contributed by atoms with E-state index in [1.807, 2.05) is 6.07 Å². The molecule has 0 amide bonds. The van der Waals surface area contributed by atoms with Crippen molar-refractivity contribution in [3.63, 3.8) is 0 Å². The molecule has 0 radical (unpaired) electrons. The number of ether oxygens (including phenoxy) is 1. The fraction of sp³-hybridized carbons (Fsp3) is 0.250. The Morgan fingerprint density at radius 1 is 1.52 bits per heavy atom. The van der Waals surface area contributed by atoms with Crippen LogP contribution in [0, 0.1) is 10.1 Å². The average Bonchev–Trinajstić information content (AvgIpc) is 2.81. The third-order valence-electron chi connectivity index (χ3n) is 2.75. The second-order valence-electron chi connectivity index (χ2n) is 4.13. The molecule has 21 heavy (non-hydrogen) atoms. The zero-order valence-electron chi connectivity index (χ0n) is 10.8. The lowest BCUT2D eigenvalue weighted by molar-refractivity contribution is -0.389. The van der Waals surface area contributed by atoms with Gasteiger partial charge in [0.1, 0.15) is 6.20 Å². The minimum Gasteiger partial charge on any atom is -0.449 e. The fourth-order valence-electron chi connectivity index (χ4n) is 1.79. The molecule has 1 atom stereocenters. The van der Waals surface area contributed by atoms with E-state index in [0.717, 1.165) is 5.56 Å². The van der Waals surface area contributed by atoms with Gasteiger partial charge in [-0.1, -0.05) is 51.9 Å². The van der Waals surface area contributed by atoms with Crippen molar-refractivity contribution in [1.82, 2.24) is 9.55 Å². The molecule has 6 nitrogen and oxygen atoms in total. The summed E-state index contributed by atoms with van der Waals surface area (Å²) in [5.74, 6) is -0.252. The van der Waals surface area contributed by atoms with Crippen molar-refractivity contribution in [1.29, 1.82) is 0 Å². The van der Waals surface area contributed by atoms with Crippen molar-refractivity contribution < 1.29 is 9.66 Å². The SMILES string of the molecule is COc1nc([N+](=O)[O-])cn1CC(I)c1ccc(Cl)cc1Cl. The molecule has 0 fully saturated rings.